The zero-order valence-corrected chi connectivity index (χ0v) is 8.06. The molecule has 72 valence electrons. The van der Waals surface area contributed by atoms with E-state index in [1.54, 1.807) is 0 Å². The Kier molecular flexibility index (Phi) is 2.96. The Hall–Kier alpha value is -1.57. The molecule has 1 aromatic rings. The summed E-state index contributed by atoms with van der Waals surface area (Å²) in [5.41, 5.74) is 1.16. The van der Waals surface area contributed by atoms with Crippen molar-refractivity contribution < 1.29 is 0 Å². The van der Waals surface area contributed by atoms with Gasteiger partial charge in [0, 0.05) is 6.21 Å². The predicted octanol–water partition coefficient (Wildman–Crippen LogP) is 2.33. The van der Waals surface area contributed by atoms with E-state index in [-0.39, 0.29) is 6.17 Å². The van der Waals surface area contributed by atoms with Crippen molar-refractivity contribution in [1.82, 2.24) is 5.32 Å². The topological polar surface area (TPSA) is 24.4 Å². The van der Waals surface area contributed by atoms with Crippen molar-refractivity contribution in [2.75, 3.05) is 0 Å². The summed E-state index contributed by atoms with van der Waals surface area (Å²) in [5.74, 6) is 0. The van der Waals surface area contributed by atoms with Gasteiger partial charge in [-0.2, -0.15) is 0 Å². The number of rotatable bonds is 2. The fraction of sp³-hybridized carbons (Fsp3) is 0.250. The first-order chi connectivity index (χ1) is 6.95. The Morgan fingerprint density at radius 3 is 2.86 bits per heavy atom. The van der Waals surface area contributed by atoms with Gasteiger partial charge in [0.05, 0.1) is 0 Å². The van der Waals surface area contributed by atoms with Gasteiger partial charge in [0.15, 0.2) is 0 Å². The third-order valence-electron chi connectivity index (χ3n) is 2.22. The molecule has 1 unspecified atom stereocenters. The fourth-order valence-corrected chi connectivity index (χ4v) is 1.43. The highest BCUT2D eigenvalue weighted by Crippen LogP contribution is 2.05. The third-order valence-corrected chi connectivity index (χ3v) is 2.22. The molecule has 1 atom stereocenters. The molecule has 0 saturated heterocycles. The van der Waals surface area contributed by atoms with E-state index in [1.165, 1.54) is 0 Å². The van der Waals surface area contributed by atoms with E-state index < -0.39 is 0 Å². The number of nitrogens with zero attached hydrogens (tertiary/aromatic N) is 1. The predicted molar refractivity (Wildman–Crippen MR) is 59.3 cm³/mol. The number of hydrogen-bond donors (Lipinski definition) is 1. The Bertz CT molecular complexity index is 327. The Labute approximate surface area is 84.4 Å². The number of hydrogen-bond acceptors (Lipinski definition) is 2. The van der Waals surface area contributed by atoms with Crippen LogP contribution in [0.25, 0.3) is 0 Å². The number of benzene rings is 1. The van der Waals surface area contributed by atoms with Gasteiger partial charge in [-0.3, -0.25) is 4.99 Å². The van der Waals surface area contributed by atoms with Crippen molar-refractivity contribution >= 4 is 6.21 Å². The molecule has 14 heavy (non-hydrogen) atoms. The first-order valence-corrected chi connectivity index (χ1v) is 4.94. The molecule has 0 aliphatic carbocycles. The molecule has 0 amide bonds. The van der Waals surface area contributed by atoms with E-state index in [0.29, 0.717) is 0 Å². The second-order valence-electron chi connectivity index (χ2n) is 3.35. The van der Waals surface area contributed by atoms with Gasteiger partial charge >= 0.3 is 0 Å². The first kappa shape index (κ1) is 9.00. The summed E-state index contributed by atoms with van der Waals surface area (Å²) in [6.45, 7) is 0. The summed E-state index contributed by atoms with van der Waals surface area (Å²) in [7, 11) is 0. The lowest BCUT2D eigenvalue weighted by Gasteiger charge is -2.15. The van der Waals surface area contributed by atoms with Crippen LogP contribution in [0.1, 0.15) is 18.4 Å². The molecule has 1 aliphatic rings. The zero-order chi connectivity index (χ0) is 9.64. The second-order valence-corrected chi connectivity index (χ2v) is 3.35. The first-order valence-electron chi connectivity index (χ1n) is 4.94. The summed E-state index contributed by atoms with van der Waals surface area (Å²) >= 11 is 0. The van der Waals surface area contributed by atoms with Crippen LogP contribution in [0.2, 0.25) is 0 Å². The van der Waals surface area contributed by atoms with Crippen molar-refractivity contribution in [1.29, 1.82) is 0 Å². The molecule has 0 spiro atoms. The molecule has 0 saturated carbocycles. The molecule has 0 aromatic heterocycles. The number of nitrogens with one attached hydrogen (secondary N) is 1. The van der Waals surface area contributed by atoms with Crippen LogP contribution in [0.4, 0.5) is 0 Å². The van der Waals surface area contributed by atoms with Gasteiger partial charge < -0.3 is 5.32 Å². The molecule has 1 aliphatic heterocycles. The summed E-state index contributed by atoms with van der Waals surface area (Å²) in [6.07, 6.45) is 8.49. The second kappa shape index (κ2) is 4.61. The number of aliphatic imine (C=N–C) groups is 1. The maximum Gasteiger partial charge on any atom is 0.118 e. The van der Waals surface area contributed by atoms with E-state index in [9.17, 15) is 0 Å². The van der Waals surface area contributed by atoms with Crippen LogP contribution in [0.5, 0.6) is 0 Å². The average molecular weight is 186 g/mol. The lowest BCUT2D eigenvalue weighted by atomic mass is 10.2. The molecule has 0 bridgehead atoms. The molecule has 2 heteroatoms. The minimum absolute atomic E-state index is 0.250. The van der Waals surface area contributed by atoms with E-state index >= 15 is 0 Å². The van der Waals surface area contributed by atoms with Crippen LogP contribution < -0.4 is 5.32 Å². The molecule has 0 radical (unpaired) electrons. The van der Waals surface area contributed by atoms with Crippen molar-refractivity contribution in [3.63, 3.8) is 0 Å². The maximum atomic E-state index is 4.47. The molecule has 2 rings (SSSR count). The number of allylic oxidation sites excluding steroid dienone is 1. The van der Waals surface area contributed by atoms with Crippen LogP contribution >= 0.6 is 0 Å². The van der Waals surface area contributed by atoms with E-state index in [2.05, 4.69) is 28.5 Å². The average Bonchev–Trinajstić information content (AvgIpc) is 2.29. The highest BCUT2D eigenvalue weighted by atomic mass is 15.0. The largest absolute Gasteiger partial charge is 0.370 e. The van der Waals surface area contributed by atoms with Crippen molar-refractivity contribution in [2.24, 2.45) is 4.99 Å². The van der Waals surface area contributed by atoms with Crippen LogP contribution in [0.3, 0.4) is 0 Å². The third kappa shape index (κ3) is 2.46. The van der Waals surface area contributed by atoms with Crippen LogP contribution in [0.15, 0.2) is 47.6 Å². The monoisotopic (exact) mass is 186 g/mol. The van der Waals surface area contributed by atoms with E-state index in [4.69, 9.17) is 0 Å². The van der Waals surface area contributed by atoms with E-state index in [0.717, 1.165) is 18.4 Å². The minimum atomic E-state index is 0.250. The molecular weight excluding hydrogens is 172 g/mol. The van der Waals surface area contributed by atoms with Gasteiger partial charge in [0.2, 0.25) is 0 Å². The van der Waals surface area contributed by atoms with Gasteiger partial charge in [-0.25, -0.2) is 0 Å². The normalized spacial score (nSPS) is 21.0. The molecule has 2 nitrogen and oxygen atoms in total. The van der Waals surface area contributed by atoms with Gasteiger partial charge in [-0.05, 0) is 24.6 Å². The van der Waals surface area contributed by atoms with E-state index in [1.807, 2.05) is 30.6 Å². The highest BCUT2D eigenvalue weighted by molar-refractivity contribution is 5.79. The van der Waals surface area contributed by atoms with Crippen molar-refractivity contribution in [3.05, 3.63) is 48.2 Å². The lowest BCUT2D eigenvalue weighted by Crippen LogP contribution is -2.24. The highest BCUT2D eigenvalue weighted by Gasteiger charge is 2.04. The summed E-state index contributed by atoms with van der Waals surface area (Å²) in [5, 5.41) is 3.21. The zero-order valence-electron chi connectivity index (χ0n) is 8.06. The molecule has 1 aromatic carbocycles. The summed E-state index contributed by atoms with van der Waals surface area (Å²) in [6, 6.07) is 10.2. The molecular formula is C12H14N2. The van der Waals surface area contributed by atoms with Crippen LogP contribution in [-0.4, -0.2) is 12.4 Å². The molecule has 0 fully saturated rings. The van der Waals surface area contributed by atoms with Gasteiger partial charge in [-0.15, -0.1) is 0 Å². The SMILES string of the molecule is C1=CNC(N=Cc2ccccc2)CC1. The Morgan fingerprint density at radius 1 is 1.29 bits per heavy atom. The van der Waals surface area contributed by atoms with Gasteiger partial charge in [0.25, 0.3) is 0 Å². The quantitative estimate of drug-likeness (QED) is 0.704. The minimum Gasteiger partial charge on any atom is -0.370 e. The standard InChI is InChI=1S/C12H14N2/c1-2-6-11(7-3-1)10-14-12-8-4-5-9-13-12/h1-3,5-7,9-10,12-13H,4,8H2. The summed E-state index contributed by atoms with van der Waals surface area (Å²) < 4.78 is 0. The smallest absolute Gasteiger partial charge is 0.118 e. The summed E-state index contributed by atoms with van der Waals surface area (Å²) in [4.78, 5) is 4.47. The lowest BCUT2D eigenvalue weighted by molar-refractivity contribution is 0.550. The van der Waals surface area contributed by atoms with Crippen molar-refractivity contribution in [3.8, 4) is 0 Å². The molecule has 1 heterocycles. The Morgan fingerprint density at radius 2 is 2.14 bits per heavy atom. The Balaban J connectivity index is 1.97. The van der Waals surface area contributed by atoms with Gasteiger partial charge in [-0.1, -0.05) is 36.4 Å². The maximum absolute atomic E-state index is 4.47. The van der Waals surface area contributed by atoms with Crippen LogP contribution in [-0.2, 0) is 0 Å². The fourth-order valence-electron chi connectivity index (χ4n) is 1.43. The van der Waals surface area contributed by atoms with Gasteiger partial charge in [0.1, 0.15) is 6.17 Å². The van der Waals surface area contributed by atoms with Crippen LogP contribution in [0, 0.1) is 0 Å². The molecule has 1 N–H and O–H groups in total. The van der Waals surface area contributed by atoms with Crippen molar-refractivity contribution in [2.45, 2.75) is 19.0 Å².